The third kappa shape index (κ3) is 4.22. The predicted octanol–water partition coefficient (Wildman–Crippen LogP) is 2.46. The Hall–Kier alpha value is 0.200. The van der Waals surface area contributed by atoms with Crippen LogP contribution in [0.5, 0.6) is 0 Å². The third-order valence-corrected chi connectivity index (χ3v) is 5.22. The van der Waals surface area contributed by atoms with Crippen LogP contribution in [0.1, 0.15) is 39.5 Å². The maximum Gasteiger partial charge on any atom is 0.214 e. The van der Waals surface area contributed by atoms with Gasteiger partial charge in [0.2, 0.25) is 10.0 Å². The van der Waals surface area contributed by atoms with Gasteiger partial charge < -0.3 is 0 Å². The van der Waals surface area contributed by atoms with Crippen LogP contribution in [0.15, 0.2) is 0 Å². The number of unbranched alkanes of at least 4 members (excludes halogenated alkanes) is 1. The van der Waals surface area contributed by atoms with E-state index in [4.69, 9.17) is 11.6 Å². The van der Waals surface area contributed by atoms with E-state index in [1.54, 1.807) is 4.31 Å². The molecular formula is C11H22ClNO2S. The molecule has 3 nitrogen and oxygen atoms in total. The first kappa shape index (κ1) is 14.3. The van der Waals surface area contributed by atoms with Crippen molar-refractivity contribution in [3.8, 4) is 0 Å². The lowest BCUT2D eigenvalue weighted by Crippen LogP contribution is -2.44. The predicted molar refractivity (Wildman–Crippen MR) is 68.3 cm³/mol. The van der Waals surface area contributed by atoms with Gasteiger partial charge in [-0.3, -0.25) is 0 Å². The molecule has 0 radical (unpaired) electrons. The maximum atomic E-state index is 12.0. The lowest BCUT2D eigenvalue weighted by molar-refractivity contribution is 0.187. The van der Waals surface area contributed by atoms with Gasteiger partial charge in [0.05, 0.1) is 5.75 Å². The van der Waals surface area contributed by atoms with Gasteiger partial charge in [0.1, 0.15) is 0 Å². The van der Waals surface area contributed by atoms with Crippen molar-refractivity contribution in [2.75, 3.05) is 24.7 Å². The number of hydrogen-bond donors (Lipinski definition) is 0. The van der Waals surface area contributed by atoms with E-state index in [1.807, 2.05) is 0 Å². The summed E-state index contributed by atoms with van der Waals surface area (Å²) in [5, 5.41) is 0. The zero-order valence-corrected chi connectivity index (χ0v) is 11.8. The fourth-order valence-corrected chi connectivity index (χ4v) is 4.08. The molecule has 1 aliphatic heterocycles. The highest BCUT2D eigenvalue weighted by molar-refractivity contribution is 7.89. The summed E-state index contributed by atoms with van der Waals surface area (Å²) in [6.45, 7) is 5.61. The van der Waals surface area contributed by atoms with E-state index in [0.717, 1.165) is 19.3 Å². The number of rotatable bonds is 5. The normalized spacial score (nSPS) is 22.2. The minimum atomic E-state index is -3.05. The van der Waals surface area contributed by atoms with Crippen molar-refractivity contribution < 1.29 is 8.42 Å². The van der Waals surface area contributed by atoms with Gasteiger partial charge in [0, 0.05) is 19.0 Å². The fourth-order valence-electron chi connectivity index (χ4n) is 2.11. The molecule has 0 amide bonds. The zero-order valence-electron chi connectivity index (χ0n) is 10.2. The average molecular weight is 268 g/mol. The molecule has 5 heteroatoms. The molecule has 0 saturated carbocycles. The van der Waals surface area contributed by atoms with E-state index in [9.17, 15) is 8.42 Å². The lowest BCUT2D eigenvalue weighted by Gasteiger charge is -2.37. The number of hydrogen-bond acceptors (Lipinski definition) is 2. The number of nitrogens with zero attached hydrogens (tertiary/aromatic N) is 1. The number of piperidine rings is 1. The standard InChI is InChI=1S/C11H22ClNO2S/c1-11(2)6-5-8-13(10-11)16(14,15)9-4-3-7-12/h3-10H2,1-2H3. The van der Waals surface area contributed by atoms with Gasteiger partial charge in [-0.1, -0.05) is 13.8 Å². The minimum Gasteiger partial charge on any atom is -0.212 e. The molecule has 1 fully saturated rings. The maximum absolute atomic E-state index is 12.0. The van der Waals surface area contributed by atoms with E-state index in [1.165, 1.54) is 0 Å². The van der Waals surface area contributed by atoms with Crippen molar-refractivity contribution in [2.24, 2.45) is 5.41 Å². The Bertz CT molecular complexity index is 314. The summed E-state index contributed by atoms with van der Waals surface area (Å²) in [5.74, 6) is 0.789. The second kappa shape index (κ2) is 5.69. The van der Waals surface area contributed by atoms with Gasteiger partial charge in [-0.25, -0.2) is 12.7 Å². The molecule has 0 unspecified atom stereocenters. The monoisotopic (exact) mass is 267 g/mol. The Morgan fingerprint density at radius 1 is 1.31 bits per heavy atom. The third-order valence-electron chi connectivity index (χ3n) is 3.04. The average Bonchev–Trinajstić information content (AvgIpc) is 2.16. The van der Waals surface area contributed by atoms with Gasteiger partial charge >= 0.3 is 0 Å². The highest BCUT2D eigenvalue weighted by Gasteiger charge is 2.32. The first-order chi connectivity index (χ1) is 7.37. The summed E-state index contributed by atoms with van der Waals surface area (Å²) in [4.78, 5) is 0. The summed E-state index contributed by atoms with van der Waals surface area (Å²) in [6, 6.07) is 0. The van der Waals surface area contributed by atoms with Crippen LogP contribution < -0.4 is 0 Å². The quantitative estimate of drug-likeness (QED) is 0.567. The Labute approximate surface area is 104 Å². The van der Waals surface area contributed by atoms with Gasteiger partial charge in [-0.2, -0.15) is 0 Å². The van der Waals surface area contributed by atoms with E-state index >= 15 is 0 Å². The van der Waals surface area contributed by atoms with Crippen LogP contribution >= 0.6 is 11.6 Å². The highest BCUT2D eigenvalue weighted by atomic mass is 35.5. The molecule has 0 aromatic carbocycles. The Kier molecular flexibility index (Phi) is 5.08. The summed E-state index contributed by atoms with van der Waals surface area (Å²) in [6.07, 6.45) is 3.53. The van der Waals surface area contributed by atoms with Gasteiger partial charge in [0.15, 0.2) is 0 Å². The summed E-state index contributed by atoms with van der Waals surface area (Å²) in [7, 11) is -3.05. The molecule has 1 rings (SSSR count). The van der Waals surface area contributed by atoms with E-state index in [-0.39, 0.29) is 11.2 Å². The molecule has 0 N–H and O–H groups in total. The number of sulfonamides is 1. The topological polar surface area (TPSA) is 37.4 Å². The minimum absolute atomic E-state index is 0.123. The molecule has 0 bridgehead atoms. The molecule has 0 aliphatic carbocycles. The van der Waals surface area contributed by atoms with Crippen LogP contribution in [0.4, 0.5) is 0 Å². The smallest absolute Gasteiger partial charge is 0.212 e. The molecule has 0 spiro atoms. The highest BCUT2D eigenvalue weighted by Crippen LogP contribution is 2.30. The molecule has 1 heterocycles. The second-order valence-electron chi connectivity index (χ2n) is 5.31. The molecule has 16 heavy (non-hydrogen) atoms. The summed E-state index contributed by atoms with van der Waals surface area (Å²) >= 11 is 5.55. The Morgan fingerprint density at radius 2 is 2.00 bits per heavy atom. The van der Waals surface area contributed by atoms with E-state index in [0.29, 0.717) is 25.4 Å². The van der Waals surface area contributed by atoms with Crippen LogP contribution in [0.3, 0.4) is 0 Å². The first-order valence-corrected chi connectivity index (χ1v) is 8.06. The van der Waals surface area contributed by atoms with Crippen LogP contribution in [0.2, 0.25) is 0 Å². The summed E-state index contributed by atoms with van der Waals surface area (Å²) < 4.78 is 25.7. The molecular weight excluding hydrogens is 246 g/mol. The first-order valence-electron chi connectivity index (χ1n) is 5.91. The van der Waals surface area contributed by atoms with Crippen molar-refractivity contribution in [1.29, 1.82) is 0 Å². The van der Waals surface area contributed by atoms with Crippen LogP contribution in [0.25, 0.3) is 0 Å². The Balaban J connectivity index is 2.54. The number of alkyl halides is 1. The second-order valence-corrected chi connectivity index (χ2v) is 7.78. The van der Waals surface area contributed by atoms with E-state index in [2.05, 4.69) is 13.8 Å². The molecule has 96 valence electrons. The van der Waals surface area contributed by atoms with Crippen LogP contribution in [-0.4, -0.2) is 37.4 Å². The molecule has 0 atom stereocenters. The molecule has 1 aliphatic rings. The van der Waals surface area contributed by atoms with Crippen molar-refractivity contribution in [1.82, 2.24) is 4.31 Å². The largest absolute Gasteiger partial charge is 0.214 e. The Morgan fingerprint density at radius 3 is 2.56 bits per heavy atom. The molecule has 0 aromatic rings. The SMILES string of the molecule is CC1(C)CCCN(S(=O)(=O)CCCCCl)C1. The van der Waals surface area contributed by atoms with Crippen molar-refractivity contribution >= 4 is 21.6 Å². The van der Waals surface area contributed by atoms with Gasteiger partial charge in [-0.15, -0.1) is 11.6 Å². The van der Waals surface area contributed by atoms with Crippen LogP contribution in [-0.2, 0) is 10.0 Å². The van der Waals surface area contributed by atoms with Gasteiger partial charge in [-0.05, 0) is 31.1 Å². The van der Waals surface area contributed by atoms with Gasteiger partial charge in [0.25, 0.3) is 0 Å². The van der Waals surface area contributed by atoms with E-state index < -0.39 is 10.0 Å². The van der Waals surface area contributed by atoms with Crippen molar-refractivity contribution in [3.63, 3.8) is 0 Å². The molecule has 0 aromatic heterocycles. The zero-order chi connectivity index (χ0) is 12.2. The number of halogens is 1. The van der Waals surface area contributed by atoms with Crippen molar-refractivity contribution in [2.45, 2.75) is 39.5 Å². The van der Waals surface area contributed by atoms with Crippen LogP contribution in [0, 0.1) is 5.41 Å². The molecule has 1 saturated heterocycles. The lowest BCUT2D eigenvalue weighted by atomic mass is 9.85. The fraction of sp³-hybridized carbons (Fsp3) is 1.00. The summed E-state index contributed by atoms with van der Waals surface area (Å²) in [5.41, 5.74) is 0.123. The van der Waals surface area contributed by atoms with Crippen molar-refractivity contribution in [3.05, 3.63) is 0 Å².